The van der Waals surface area contributed by atoms with E-state index in [1.165, 1.54) is 0 Å². The average molecular weight is 243 g/mol. The number of nitrogens with zero attached hydrogens (tertiary/aromatic N) is 1. The summed E-state index contributed by atoms with van der Waals surface area (Å²) in [4.78, 5) is 14.2. The van der Waals surface area contributed by atoms with E-state index >= 15 is 0 Å². The van der Waals surface area contributed by atoms with E-state index in [2.05, 4.69) is 13.8 Å². The van der Waals surface area contributed by atoms with Gasteiger partial charge in [0.2, 0.25) is 0 Å². The number of ether oxygens (including phenoxy) is 1. The maximum Gasteiger partial charge on any atom is 0.251 e. The zero-order valence-electron chi connectivity index (χ0n) is 10.1. The van der Waals surface area contributed by atoms with E-state index in [9.17, 15) is 4.79 Å². The highest BCUT2D eigenvalue weighted by Crippen LogP contribution is 2.26. The van der Waals surface area contributed by atoms with Crippen LogP contribution in [0.5, 0.6) is 0 Å². The Labute approximate surface area is 102 Å². The molecule has 2 heterocycles. The first-order valence-electron chi connectivity index (χ1n) is 6.20. The van der Waals surface area contributed by atoms with E-state index < -0.39 is 0 Å². The molecule has 0 saturated carbocycles. The lowest BCUT2D eigenvalue weighted by atomic mass is 10.1. The van der Waals surface area contributed by atoms with E-state index in [0.717, 1.165) is 38.3 Å². The molecule has 0 N–H and O–H groups in total. The summed E-state index contributed by atoms with van der Waals surface area (Å²) in [5, 5.41) is 0.596. The monoisotopic (exact) mass is 243 g/mol. The lowest BCUT2D eigenvalue weighted by Gasteiger charge is -2.35. The van der Waals surface area contributed by atoms with Crippen LogP contribution in [0.15, 0.2) is 0 Å². The van der Waals surface area contributed by atoms with Crippen LogP contribution in [0.4, 0.5) is 0 Å². The standard InChI is InChI=1S/C12H21NO2S/c1-9(2)11-8-13(5-7-16-11)12(14)10-4-3-6-15-10/h9-11H,3-8H2,1-2H3. The highest BCUT2D eigenvalue weighted by molar-refractivity contribution is 8.00. The largest absolute Gasteiger partial charge is 0.368 e. The molecule has 2 fully saturated rings. The van der Waals surface area contributed by atoms with Crippen LogP contribution in [0.25, 0.3) is 0 Å². The highest BCUT2D eigenvalue weighted by atomic mass is 32.2. The van der Waals surface area contributed by atoms with Gasteiger partial charge in [-0.25, -0.2) is 0 Å². The summed E-state index contributed by atoms with van der Waals surface area (Å²) < 4.78 is 5.47. The molecule has 2 aliphatic rings. The first-order valence-corrected chi connectivity index (χ1v) is 7.25. The Morgan fingerprint density at radius 1 is 1.50 bits per heavy atom. The predicted octanol–water partition coefficient (Wildman–Crippen LogP) is 1.77. The average Bonchev–Trinajstić information content (AvgIpc) is 2.81. The summed E-state index contributed by atoms with van der Waals surface area (Å²) in [6.07, 6.45) is 1.80. The van der Waals surface area contributed by atoms with Crippen molar-refractivity contribution in [3.05, 3.63) is 0 Å². The predicted molar refractivity (Wildman–Crippen MR) is 66.6 cm³/mol. The molecule has 2 saturated heterocycles. The van der Waals surface area contributed by atoms with Gasteiger partial charge in [-0.15, -0.1) is 0 Å². The SMILES string of the molecule is CC(C)C1CN(C(=O)C2CCCO2)CCS1. The number of carbonyl (C=O) groups excluding carboxylic acids is 1. The summed E-state index contributed by atoms with van der Waals surface area (Å²) in [7, 11) is 0. The van der Waals surface area contributed by atoms with Crippen molar-refractivity contribution < 1.29 is 9.53 Å². The fourth-order valence-electron chi connectivity index (χ4n) is 2.25. The van der Waals surface area contributed by atoms with Crippen molar-refractivity contribution >= 4 is 17.7 Å². The van der Waals surface area contributed by atoms with Crippen molar-refractivity contribution in [3.8, 4) is 0 Å². The van der Waals surface area contributed by atoms with E-state index in [0.29, 0.717) is 11.2 Å². The van der Waals surface area contributed by atoms with Gasteiger partial charge in [-0.1, -0.05) is 13.8 Å². The van der Waals surface area contributed by atoms with Gasteiger partial charge < -0.3 is 9.64 Å². The van der Waals surface area contributed by atoms with Crippen LogP contribution in [0, 0.1) is 5.92 Å². The maximum atomic E-state index is 12.2. The van der Waals surface area contributed by atoms with Crippen molar-refractivity contribution in [1.29, 1.82) is 0 Å². The van der Waals surface area contributed by atoms with Gasteiger partial charge in [-0.05, 0) is 18.8 Å². The molecule has 2 unspecified atom stereocenters. The van der Waals surface area contributed by atoms with Crippen molar-refractivity contribution in [3.63, 3.8) is 0 Å². The van der Waals surface area contributed by atoms with Gasteiger partial charge in [-0.2, -0.15) is 11.8 Å². The van der Waals surface area contributed by atoms with Gasteiger partial charge in [0, 0.05) is 30.7 Å². The molecule has 0 bridgehead atoms. The van der Waals surface area contributed by atoms with Gasteiger partial charge in [0.25, 0.3) is 5.91 Å². The van der Waals surface area contributed by atoms with Crippen LogP contribution >= 0.6 is 11.8 Å². The van der Waals surface area contributed by atoms with E-state index in [1.807, 2.05) is 16.7 Å². The lowest BCUT2D eigenvalue weighted by Crippen LogP contribution is -2.47. The third-order valence-corrected chi connectivity index (χ3v) is 4.89. The van der Waals surface area contributed by atoms with Crippen molar-refractivity contribution in [2.45, 2.75) is 38.0 Å². The van der Waals surface area contributed by atoms with Crippen LogP contribution < -0.4 is 0 Å². The van der Waals surface area contributed by atoms with Gasteiger partial charge in [0.1, 0.15) is 6.10 Å². The minimum Gasteiger partial charge on any atom is -0.368 e. The normalized spacial score (nSPS) is 31.1. The van der Waals surface area contributed by atoms with Crippen LogP contribution in [0.3, 0.4) is 0 Å². The number of hydrogen-bond acceptors (Lipinski definition) is 3. The molecule has 2 atom stereocenters. The van der Waals surface area contributed by atoms with E-state index in [1.54, 1.807) is 0 Å². The van der Waals surface area contributed by atoms with Gasteiger partial charge in [0.15, 0.2) is 0 Å². The molecule has 2 rings (SSSR count). The third kappa shape index (κ3) is 2.72. The first-order chi connectivity index (χ1) is 7.68. The van der Waals surface area contributed by atoms with E-state index in [-0.39, 0.29) is 12.0 Å². The summed E-state index contributed by atoms with van der Waals surface area (Å²) in [6, 6.07) is 0. The Kier molecular flexibility index (Phi) is 4.14. The molecule has 0 radical (unpaired) electrons. The number of rotatable bonds is 2. The fourth-order valence-corrected chi connectivity index (χ4v) is 3.55. The first kappa shape index (κ1) is 12.2. The molecule has 0 aliphatic carbocycles. The highest BCUT2D eigenvalue weighted by Gasteiger charge is 2.32. The van der Waals surface area contributed by atoms with Crippen LogP contribution in [-0.4, -0.2) is 47.6 Å². The van der Waals surface area contributed by atoms with Gasteiger partial charge in [0.05, 0.1) is 0 Å². The summed E-state index contributed by atoms with van der Waals surface area (Å²) >= 11 is 2.00. The summed E-state index contributed by atoms with van der Waals surface area (Å²) in [6.45, 7) is 7.02. The van der Waals surface area contributed by atoms with Crippen molar-refractivity contribution in [2.24, 2.45) is 5.92 Å². The second-order valence-corrected chi connectivity index (χ2v) is 6.29. The second kappa shape index (κ2) is 5.41. The molecule has 0 spiro atoms. The second-order valence-electron chi connectivity index (χ2n) is 4.94. The Hall–Kier alpha value is -0.220. The lowest BCUT2D eigenvalue weighted by molar-refractivity contribution is -0.140. The minimum atomic E-state index is -0.143. The molecule has 3 nitrogen and oxygen atoms in total. The zero-order valence-corrected chi connectivity index (χ0v) is 11.0. The molecule has 0 aromatic heterocycles. The number of amides is 1. The minimum absolute atomic E-state index is 0.143. The Morgan fingerprint density at radius 3 is 2.94 bits per heavy atom. The van der Waals surface area contributed by atoms with Crippen molar-refractivity contribution in [2.75, 3.05) is 25.4 Å². The number of hydrogen-bond donors (Lipinski definition) is 0. The molecule has 92 valence electrons. The van der Waals surface area contributed by atoms with Gasteiger partial charge >= 0.3 is 0 Å². The third-order valence-electron chi connectivity index (χ3n) is 3.35. The molecule has 4 heteroatoms. The zero-order chi connectivity index (χ0) is 11.5. The fraction of sp³-hybridized carbons (Fsp3) is 0.917. The smallest absolute Gasteiger partial charge is 0.251 e. The summed E-state index contributed by atoms with van der Waals surface area (Å²) in [5.74, 6) is 1.94. The Bertz CT molecular complexity index is 251. The Balaban J connectivity index is 1.90. The topological polar surface area (TPSA) is 29.5 Å². The molecule has 2 aliphatic heterocycles. The van der Waals surface area contributed by atoms with Crippen LogP contribution in [0.2, 0.25) is 0 Å². The molecular formula is C12H21NO2S. The van der Waals surface area contributed by atoms with Crippen molar-refractivity contribution in [1.82, 2.24) is 4.90 Å². The summed E-state index contributed by atoms with van der Waals surface area (Å²) in [5.41, 5.74) is 0. The van der Waals surface area contributed by atoms with Crippen LogP contribution in [-0.2, 0) is 9.53 Å². The molecule has 0 aromatic carbocycles. The molecule has 1 amide bonds. The number of thioether (sulfide) groups is 1. The van der Waals surface area contributed by atoms with E-state index in [4.69, 9.17) is 4.74 Å². The molecule has 16 heavy (non-hydrogen) atoms. The quantitative estimate of drug-likeness (QED) is 0.740. The Morgan fingerprint density at radius 2 is 2.31 bits per heavy atom. The van der Waals surface area contributed by atoms with Crippen LogP contribution in [0.1, 0.15) is 26.7 Å². The number of carbonyl (C=O) groups is 1. The van der Waals surface area contributed by atoms with Gasteiger partial charge in [-0.3, -0.25) is 4.79 Å². The molecular weight excluding hydrogens is 222 g/mol. The maximum absolute atomic E-state index is 12.2. The molecule has 0 aromatic rings.